The summed E-state index contributed by atoms with van der Waals surface area (Å²) in [5.41, 5.74) is 4.11. The first kappa shape index (κ1) is 16.0. The Morgan fingerprint density at radius 1 is 1.20 bits per heavy atom. The molecule has 1 N–H and O–H groups in total. The summed E-state index contributed by atoms with van der Waals surface area (Å²) in [5.74, 6) is -0.164. The number of carbonyl (C=O) groups excluding carboxylic acids is 1. The first-order chi connectivity index (χ1) is 12.1. The van der Waals surface area contributed by atoms with E-state index in [0.29, 0.717) is 10.6 Å². The first-order valence-electron chi connectivity index (χ1n) is 7.61. The summed E-state index contributed by atoms with van der Waals surface area (Å²) in [4.78, 5) is 20.7. The summed E-state index contributed by atoms with van der Waals surface area (Å²) in [6, 6.07) is 9.58. The van der Waals surface area contributed by atoms with Crippen molar-refractivity contribution in [1.29, 1.82) is 0 Å². The highest BCUT2D eigenvalue weighted by molar-refractivity contribution is 7.14. The SMILES string of the molecule is CNC(=O)c1cnc2c(c1)c(-c1ccc3nccc(Cl)c3c1)cn2P. The number of rotatable bonds is 2. The van der Waals surface area contributed by atoms with Crippen molar-refractivity contribution in [3.63, 3.8) is 0 Å². The molecule has 3 aromatic heterocycles. The van der Waals surface area contributed by atoms with Gasteiger partial charge in [0, 0.05) is 42.0 Å². The zero-order chi connectivity index (χ0) is 17.6. The summed E-state index contributed by atoms with van der Waals surface area (Å²) in [7, 11) is 4.22. The molecular formula is C18H14ClN4OP. The number of hydrogen-bond acceptors (Lipinski definition) is 3. The van der Waals surface area contributed by atoms with E-state index in [1.807, 2.05) is 34.8 Å². The van der Waals surface area contributed by atoms with Crippen LogP contribution >= 0.6 is 21.0 Å². The van der Waals surface area contributed by atoms with E-state index in [2.05, 4.69) is 24.7 Å². The van der Waals surface area contributed by atoms with Gasteiger partial charge in [0.1, 0.15) is 5.65 Å². The van der Waals surface area contributed by atoms with Crippen LogP contribution in [0.2, 0.25) is 5.02 Å². The lowest BCUT2D eigenvalue weighted by molar-refractivity contribution is 0.0963. The summed E-state index contributed by atoms with van der Waals surface area (Å²) in [6.07, 6.45) is 5.24. The standard InChI is InChI=1S/C18H14ClN4OP/c1-20-18(24)11-7-12-14(9-23(25)17(12)22-8-11)10-2-3-16-13(6-10)15(19)4-5-21-16/h2-9H,25H2,1H3,(H,20,24). The molecule has 25 heavy (non-hydrogen) atoms. The van der Waals surface area contributed by atoms with Gasteiger partial charge in [-0.1, -0.05) is 17.7 Å². The molecule has 7 heteroatoms. The summed E-state index contributed by atoms with van der Waals surface area (Å²) >= 11 is 6.31. The lowest BCUT2D eigenvalue weighted by Gasteiger charge is -2.05. The molecule has 1 atom stereocenters. The third-order valence-corrected chi connectivity index (χ3v) is 4.88. The van der Waals surface area contributed by atoms with Crippen LogP contribution in [0.3, 0.4) is 0 Å². The Morgan fingerprint density at radius 3 is 2.84 bits per heavy atom. The summed E-state index contributed by atoms with van der Waals surface area (Å²) in [5, 5.41) is 5.07. The number of halogens is 1. The highest BCUT2D eigenvalue weighted by Gasteiger charge is 2.14. The van der Waals surface area contributed by atoms with Gasteiger partial charge >= 0.3 is 0 Å². The fraction of sp³-hybridized carbons (Fsp3) is 0.0556. The van der Waals surface area contributed by atoms with E-state index >= 15 is 0 Å². The molecule has 0 fully saturated rings. The van der Waals surface area contributed by atoms with E-state index in [4.69, 9.17) is 11.6 Å². The largest absolute Gasteiger partial charge is 0.355 e. The third kappa shape index (κ3) is 2.66. The lowest BCUT2D eigenvalue weighted by Crippen LogP contribution is -2.17. The monoisotopic (exact) mass is 368 g/mol. The molecule has 5 nitrogen and oxygen atoms in total. The van der Waals surface area contributed by atoms with E-state index in [9.17, 15) is 4.79 Å². The number of fused-ring (bicyclic) bond motifs is 2. The molecular weight excluding hydrogens is 355 g/mol. The van der Waals surface area contributed by atoms with Crippen LogP contribution in [0.5, 0.6) is 0 Å². The second-order valence-electron chi connectivity index (χ2n) is 5.65. The van der Waals surface area contributed by atoms with Crippen LogP contribution in [0.1, 0.15) is 10.4 Å². The Balaban J connectivity index is 1.97. The molecule has 0 radical (unpaired) electrons. The van der Waals surface area contributed by atoms with E-state index in [1.54, 1.807) is 25.5 Å². The van der Waals surface area contributed by atoms with Crippen molar-refractivity contribution in [3.8, 4) is 11.1 Å². The number of aromatic nitrogens is 3. The zero-order valence-electron chi connectivity index (χ0n) is 13.3. The Morgan fingerprint density at radius 2 is 2.04 bits per heavy atom. The predicted octanol–water partition coefficient (Wildman–Crippen LogP) is 3.90. The first-order valence-corrected chi connectivity index (χ1v) is 8.51. The maximum absolute atomic E-state index is 11.9. The highest BCUT2D eigenvalue weighted by Crippen LogP contribution is 2.34. The molecule has 3 heterocycles. The van der Waals surface area contributed by atoms with Gasteiger partial charge < -0.3 is 9.65 Å². The van der Waals surface area contributed by atoms with Crippen LogP contribution in [0.25, 0.3) is 33.1 Å². The molecule has 0 bridgehead atoms. The van der Waals surface area contributed by atoms with Gasteiger partial charge in [0.05, 0.1) is 16.1 Å². The average molecular weight is 369 g/mol. The van der Waals surface area contributed by atoms with Gasteiger partial charge in [-0.2, -0.15) is 0 Å². The molecule has 0 spiro atoms. The molecule has 4 rings (SSSR count). The maximum Gasteiger partial charge on any atom is 0.252 e. The number of benzene rings is 1. The topological polar surface area (TPSA) is 59.8 Å². The van der Waals surface area contributed by atoms with Crippen LogP contribution in [0, 0.1) is 0 Å². The molecule has 1 unspecified atom stereocenters. The number of nitrogens with zero attached hydrogens (tertiary/aromatic N) is 3. The Kier molecular flexibility index (Phi) is 3.91. The fourth-order valence-corrected chi connectivity index (χ4v) is 3.47. The quantitative estimate of drug-likeness (QED) is 0.546. The molecule has 0 aliphatic rings. The van der Waals surface area contributed by atoms with Crippen LogP contribution in [-0.4, -0.2) is 27.3 Å². The van der Waals surface area contributed by atoms with Crippen molar-refractivity contribution < 1.29 is 4.79 Å². The summed E-state index contributed by atoms with van der Waals surface area (Å²) in [6.45, 7) is 0. The Hall–Kier alpha value is -2.49. The number of pyridine rings is 2. The molecule has 1 amide bonds. The van der Waals surface area contributed by atoms with Gasteiger partial charge in [-0.25, -0.2) is 4.98 Å². The molecule has 0 saturated heterocycles. The van der Waals surface area contributed by atoms with Crippen LogP contribution in [0.4, 0.5) is 0 Å². The van der Waals surface area contributed by atoms with E-state index in [-0.39, 0.29) is 5.91 Å². The van der Waals surface area contributed by atoms with Gasteiger partial charge in [-0.15, -0.1) is 0 Å². The molecule has 0 aliphatic carbocycles. The smallest absolute Gasteiger partial charge is 0.252 e. The fourth-order valence-electron chi connectivity index (χ4n) is 2.91. The van der Waals surface area contributed by atoms with Crippen molar-refractivity contribution in [2.24, 2.45) is 0 Å². The number of hydrogen-bond donors (Lipinski definition) is 1. The lowest BCUT2D eigenvalue weighted by atomic mass is 10.0. The van der Waals surface area contributed by atoms with Gasteiger partial charge in [-0.3, -0.25) is 9.78 Å². The minimum absolute atomic E-state index is 0.164. The van der Waals surface area contributed by atoms with E-state index in [1.165, 1.54) is 0 Å². The van der Waals surface area contributed by atoms with Gasteiger partial charge in [0.25, 0.3) is 5.91 Å². The number of amides is 1. The predicted molar refractivity (Wildman–Crippen MR) is 104 cm³/mol. The van der Waals surface area contributed by atoms with Gasteiger partial charge in [-0.05, 0) is 39.2 Å². The minimum Gasteiger partial charge on any atom is -0.355 e. The second kappa shape index (κ2) is 6.10. The van der Waals surface area contributed by atoms with Crippen LogP contribution in [0.15, 0.2) is 48.9 Å². The molecule has 124 valence electrons. The van der Waals surface area contributed by atoms with Crippen molar-refractivity contribution in [2.45, 2.75) is 0 Å². The Labute approximate surface area is 151 Å². The summed E-state index contributed by atoms with van der Waals surface area (Å²) < 4.78 is 1.87. The second-order valence-corrected chi connectivity index (χ2v) is 6.61. The van der Waals surface area contributed by atoms with Crippen LogP contribution in [-0.2, 0) is 0 Å². The van der Waals surface area contributed by atoms with E-state index in [0.717, 1.165) is 33.1 Å². The molecule has 0 aliphatic heterocycles. The normalized spacial score (nSPS) is 11.2. The Bertz CT molecular complexity index is 1140. The molecule has 1 aromatic carbocycles. The van der Waals surface area contributed by atoms with E-state index < -0.39 is 0 Å². The molecule has 4 aromatic rings. The van der Waals surface area contributed by atoms with Crippen LogP contribution < -0.4 is 5.32 Å². The van der Waals surface area contributed by atoms with Crippen molar-refractivity contribution in [3.05, 3.63) is 59.5 Å². The zero-order valence-corrected chi connectivity index (χ0v) is 15.2. The minimum atomic E-state index is -0.164. The van der Waals surface area contributed by atoms with Gasteiger partial charge in [0.2, 0.25) is 0 Å². The number of nitrogens with one attached hydrogen (secondary N) is 1. The number of carbonyl (C=O) groups is 1. The molecule has 0 saturated carbocycles. The third-order valence-electron chi connectivity index (χ3n) is 4.16. The average Bonchev–Trinajstić information content (AvgIpc) is 2.97. The maximum atomic E-state index is 11.9. The van der Waals surface area contributed by atoms with Crippen molar-refractivity contribution >= 4 is 48.8 Å². The van der Waals surface area contributed by atoms with Crippen molar-refractivity contribution in [1.82, 2.24) is 19.6 Å². The van der Waals surface area contributed by atoms with Crippen molar-refractivity contribution in [2.75, 3.05) is 7.05 Å². The highest BCUT2D eigenvalue weighted by atomic mass is 35.5. The van der Waals surface area contributed by atoms with Gasteiger partial charge in [0.15, 0.2) is 0 Å².